The number of unbranched alkanes of at least 4 members (excludes halogenated alkanes) is 1. The number of carbonyl (C=O) groups excluding carboxylic acids is 1. The van der Waals surface area contributed by atoms with Crippen LogP contribution in [0.25, 0.3) is 0 Å². The van der Waals surface area contributed by atoms with Gasteiger partial charge in [-0.2, -0.15) is 0 Å². The van der Waals surface area contributed by atoms with Crippen LogP contribution in [0.4, 0.5) is 20.2 Å². The van der Waals surface area contributed by atoms with Crippen molar-refractivity contribution in [2.45, 2.75) is 69.9 Å². The number of likely N-dealkylation sites (tertiary alicyclic amines) is 2. The Morgan fingerprint density at radius 1 is 1.00 bits per heavy atom. The predicted octanol–water partition coefficient (Wildman–Crippen LogP) is 6.27. The first kappa shape index (κ1) is 25.9. The van der Waals surface area contributed by atoms with E-state index in [4.69, 9.17) is 0 Å². The van der Waals surface area contributed by atoms with Crippen LogP contribution in [-0.2, 0) is 4.79 Å². The zero-order chi connectivity index (χ0) is 23.7. The van der Waals surface area contributed by atoms with Crippen LogP contribution >= 0.6 is 12.4 Å². The molecule has 0 radical (unpaired) electrons. The lowest BCUT2D eigenvalue weighted by Gasteiger charge is -2.39. The van der Waals surface area contributed by atoms with Crippen molar-refractivity contribution in [2.75, 3.05) is 31.1 Å². The lowest BCUT2D eigenvalue weighted by Crippen LogP contribution is -2.45. The number of amides is 1. The largest absolute Gasteiger partial charge is 0.340 e. The Labute approximate surface area is 213 Å². The summed E-state index contributed by atoms with van der Waals surface area (Å²) in [5.74, 6) is 0.123. The monoisotopic (exact) mass is 503 g/mol. The van der Waals surface area contributed by atoms with Gasteiger partial charge < -0.3 is 14.7 Å². The van der Waals surface area contributed by atoms with Crippen LogP contribution in [0.15, 0.2) is 42.5 Å². The van der Waals surface area contributed by atoms with Gasteiger partial charge in [-0.3, -0.25) is 4.79 Å². The van der Waals surface area contributed by atoms with Gasteiger partial charge in [0.1, 0.15) is 11.6 Å². The molecule has 35 heavy (non-hydrogen) atoms. The van der Waals surface area contributed by atoms with E-state index in [1.807, 2.05) is 18.2 Å². The molecule has 2 fully saturated rings. The molecule has 2 saturated heterocycles. The third kappa shape index (κ3) is 5.49. The van der Waals surface area contributed by atoms with E-state index in [9.17, 15) is 13.6 Å². The number of rotatable bonds is 7. The molecule has 0 saturated carbocycles. The van der Waals surface area contributed by atoms with Gasteiger partial charge >= 0.3 is 0 Å². The molecule has 3 aliphatic rings. The van der Waals surface area contributed by atoms with Gasteiger partial charge in [0, 0.05) is 55.4 Å². The van der Waals surface area contributed by atoms with E-state index >= 15 is 0 Å². The third-order valence-corrected chi connectivity index (χ3v) is 7.98. The minimum atomic E-state index is -0.243. The van der Waals surface area contributed by atoms with Gasteiger partial charge in [-0.05, 0) is 93.6 Å². The molecule has 3 heterocycles. The minimum absolute atomic E-state index is 0. The topological polar surface area (TPSA) is 26.8 Å². The summed E-state index contributed by atoms with van der Waals surface area (Å²) in [6.07, 6.45) is 7.14. The number of anilines is 2. The quantitative estimate of drug-likeness (QED) is 0.417. The first-order valence-electron chi connectivity index (χ1n) is 12.9. The van der Waals surface area contributed by atoms with E-state index in [1.54, 1.807) is 6.07 Å². The average molecular weight is 504 g/mol. The highest BCUT2D eigenvalue weighted by Gasteiger charge is 2.42. The highest BCUT2D eigenvalue weighted by Crippen LogP contribution is 2.48. The SMILES string of the molecule is CC(CCCCN1CCC2C(C1)c1cc(F)ccc1N2c1ccc(F)cc1)N1CCCCC1=O.Cl. The van der Waals surface area contributed by atoms with Gasteiger partial charge in [-0.15, -0.1) is 12.4 Å². The molecule has 5 rings (SSSR count). The zero-order valence-corrected chi connectivity index (χ0v) is 21.3. The second kappa shape index (κ2) is 11.3. The van der Waals surface area contributed by atoms with Gasteiger partial charge in [0.15, 0.2) is 0 Å². The van der Waals surface area contributed by atoms with Crippen LogP contribution in [0.2, 0.25) is 0 Å². The maximum Gasteiger partial charge on any atom is 0.222 e. The number of halogens is 3. The lowest BCUT2D eigenvalue weighted by molar-refractivity contribution is -0.135. The Morgan fingerprint density at radius 3 is 2.54 bits per heavy atom. The summed E-state index contributed by atoms with van der Waals surface area (Å²) in [6, 6.07) is 12.3. The van der Waals surface area contributed by atoms with Crippen molar-refractivity contribution in [3.63, 3.8) is 0 Å². The number of piperidine rings is 2. The predicted molar refractivity (Wildman–Crippen MR) is 139 cm³/mol. The summed E-state index contributed by atoms with van der Waals surface area (Å²) in [5, 5.41) is 0. The Hall–Kier alpha value is -2.18. The highest BCUT2D eigenvalue weighted by molar-refractivity contribution is 5.85. The molecule has 4 nitrogen and oxygen atoms in total. The van der Waals surface area contributed by atoms with Crippen molar-refractivity contribution in [3.8, 4) is 0 Å². The number of benzene rings is 2. The molecule has 0 N–H and O–H groups in total. The highest BCUT2D eigenvalue weighted by atomic mass is 35.5. The maximum absolute atomic E-state index is 14.2. The number of hydrogen-bond donors (Lipinski definition) is 0. The van der Waals surface area contributed by atoms with Gasteiger partial charge in [0.25, 0.3) is 0 Å². The Kier molecular flexibility index (Phi) is 8.33. The minimum Gasteiger partial charge on any atom is -0.340 e. The molecule has 3 atom stereocenters. The second-order valence-corrected chi connectivity index (χ2v) is 10.2. The standard InChI is InChI=1S/C28H35F2N3O.ClH/c1-20(32-16-5-3-7-28(32)34)6-2-4-15-31-17-14-27-25(19-31)24-18-22(30)10-13-26(24)33(27)23-11-8-21(29)9-12-23;/h8-13,18,20,25,27H,2-7,14-17,19H2,1H3;1H. The third-order valence-electron chi connectivity index (χ3n) is 7.98. The molecule has 2 aromatic carbocycles. The van der Waals surface area contributed by atoms with Gasteiger partial charge in [-0.1, -0.05) is 6.42 Å². The average Bonchev–Trinajstić information content (AvgIpc) is 3.15. The number of hydrogen-bond acceptors (Lipinski definition) is 3. The zero-order valence-electron chi connectivity index (χ0n) is 20.5. The summed E-state index contributed by atoms with van der Waals surface area (Å²) >= 11 is 0. The first-order chi connectivity index (χ1) is 16.5. The lowest BCUT2D eigenvalue weighted by atomic mass is 9.88. The molecule has 7 heteroatoms. The molecular weight excluding hydrogens is 468 g/mol. The Morgan fingerprint density at radius 2 is 1.77 bits per heavy atom. The van der Waals surface area contributed by atoms with Crippen molar-refractivity contribution in [1.29, 1.82) is 0 Å². The fourth-order valence-electron chi connectivity index (χ4n) is 6.20. The Balaban J connectivity index is 0.00000289. The van der Waals surface area contributed by atoms with E-state index in [-0.39, 0.29) is 36.0 Å². The fraction of sp³-hybridized carbons (Fsp3) is 0.536. The van der Waals surface area contributed by atoms with Crippen molar-refractivity contribution < 1.29 is 13.6 Å². The molecule has 2 aromatic rings. The molecule has 0 aromatic heterocycles. The van der Waals surface area contributed by atoms with Crippen LogP contribution in [0, 0.1) is 11.6 Å². The molecule has 0 bridgehead atoms. The molecule has 0 spiro atoms. The van der Waals surface area contributed by atoms with Crippen LogP contribution < -0.4 is 4.90 Å². The summed E-state index contributed by atoms with van der Waals surface area (Å²) in [6.45, 7) is 6.05. The van der Waals surface area contributed by atoms with E-state index < -0.39 is 0 Å². The van der Waals surface area contributed by atoms with Crippen molar-refractivity contribution in [1.82, 2.24) is 9.80 Å². The molecule has 0 aliphatic carbocycles. The molecule has 190 valence electrons. The van der Waals surface area contributed by atoms with E-state index in [2.05, 4.69) is 21.6 Å². The van der Waals surface area contributed by atoms with Gasteiger partial charge in [0.2, 0.25) is 5.91 Å². The maximum atomic E-state index is 14.2. The smallest absolute Gasteiger partial charge is 0.222 e. The fourth-order valence-corrected chi connectivity index (χ4v) is 6.20. The summed E-state index contributed by atoms with van der Waals surface area (Å²) in [7, 11) is 0. The van der Waals surface area contributed by atoms with Crippen LogP contribution in [0.3, 0.4) is 0 Å². The van der Waals surface area contributed by atoms with Gasteiger partial charge in [0.05, 0.1) is 0 Å². The van der Waals surface area contributed by atoms with Crippen molar-refractivity contribution >= 4 is 29.7 Å². The summed E-state index contributed by atoms with van der Waals surface area (Å²) in [4.78, 5) is 19.0. The van der Waals surface area contributed by atoms with Crippen molar-refractivity contribution in [3.05, 3.63) is 59.7 Å². The van der Waals surface area contributed by atoms with Gasteiger partial charge in [-0.25, -0.2) is 8.78 Å². The van der Waals surface area contributed by atoms with Crippen molar-refractivity contribution in [2.24, 2.45) is 0 Å². The van der Waals surface area contributed by atoms with E-state index in [1.165, 1.54) is 18.2 Å². The molecule has 3 aliphatic heterocycles. The normalized spacial score (nSPS) is 23.0. The summed E-state index contributed by atoms with van der Waals surface area (Å²) in [5.41, 5.74) is 3.08. The Bertz CT molecular complexity index is 1020. The molecule has 1 amide bonds. The number of fused-ring (bicyclic) bond motifs is 3. The molecular formula is C28H36ClF2N3O. The first-order valence-corrected chi connectivity index (χ1v) is 12.9. The van der Waals surface area contributed by atoms with Crippen LogP contribution in [0.1, 0.15) is 63.4 Å². The van der Waals surface area contributed by atoms with Crippen LogP contribution in [-0.4, -0.2) is 54.0 Å². The molecule has 3 unspecified atom stereocenters. The van der Waals surface area contributed by atoms with E-state index in [0.29, 0.717) is 18.4 Å². The number of carbonyl (C=O) groups is 1. The van der Waals surface area contributed by atoms with Crippen LogP contribution in [0.5, 0.6) is 0 Å². The van der Waals surface area contributed by atoms with E-state index in [0.717, 1.165) is 81.6 Å². The summed E-state index contributed by atoms with van der Waals surface area (Å²) < 4.78 is 27.7. The number of nitrogens with zero attached hydrogens (tertiary/aromatic N) is 3. The second-order valence-electron chi connectivity index (χ2n) is 10.2.